The second-order valence-corrected chi connectivity index (χ2v) is 4.95. The van der Waals surface area contributed by atoms with Gasteiger partial charge in [-0.1, -0.05) is 6.07 Å². The molecule has 2 aliphatic heterocycles. The van der Waals surface area contributed by atoms with E-state index in [0.717, 1.165) is 42.9 Å². The lowest BCUT2D eigenvalue weighted by molar-refractivity contribution is 0.193. The molecule has 1 aromatic carbocycles. The van der Waals surface area contributed by atoms with E-state index in [1.165, 1.54) is 0 Å². The van der Waals surface area contributed by atoms with Crippen LogP contribution in [0.3, 0.4) is 0 Å². The van der Waals surface area contributed by atoms with Gasteiger partial charge in [0.1, 0.15) is 5.66 Å². The van der Waals surface area contributed by atoms with Crippen LogP contribution in [0.2, 0.25) is 0 Å². The summed E-state index contributed by atoms with van der Waals surface area (Å²) in [5.41, 5.74) is 21.1. The number of nitrogen functional groups attached to an aromatic ring is 1. The van der Waals surface area contributed by atoms with Gasteiger partial charge in [0.2, 0.25) is 0 Å². The molecule has 17 heavy (non-hydrogen) atoms. The predicted molar refractivity (Wildman–Crippen MR) is 69.1 cm³/mol. The second-order valence-electron chi connectivity index (χ2n) is 4.95. The highest BCUT2D eigenvalue weighted by atomic mass is 15.5. The fourth-order valence-electron chi connectivity index (χ4n) is 2.86. The van der Waals surface area contributed by atoms with Crippen LogP contribution in [0.25, 0.3) is 0 Å². The standard InChI is InChI=1S/C12H19N5/c13-9-1-2-10-11(7-9)16-17-12(10,14)8-3-5-15-6-4-8/h1-2,7-8,15-17H,3-6,13-14H2. The first-order valence-corrected chi connectivity index (χ1v) is 6.13. The molecule has 0 amide bonds. The quantitative estimate of drug-likeness (QED) is 0.451. The van der Waals surface area contributed by atoms with E-state index in [2.05, 4.69) is 16.2 Å². The molecule has 7 N–H and O–H groups in total. The van der Waals surface area contributed by atoms with Crippen molar-refractivity contribution in [2.45, 2.75) is 18.5 Å². The van der Waals surface area contributed by atoms with Crippen LogP contribution in [0.5, 0.6) is 0 Å². The zero-order valence-corrected chi connectivity index (χ0v) is 9.79. The highest BCUT2D eigenvalue weighted by molar-refractivity contribution is 5.64. The molecule has 0 bridgehead atoms. The zero-order valence-electron chi connectivity index (χ0n) is 9.79. The summed E-state index contributed by atoms with van der Waals surface area (Å²) in [6, 6.07) is 5.87. The number of rotatable bonds is 1. The summed E-state index contributed by atoms with van der Waals surface area (Å²) in [6.07, 6.45) is 2.18. The minimum absolute atomic E-state index is 0.445. The summed E-state index contributed by atoms with van der Waals surface area (Å²) in [5, 5.41) is 3.36. The van der Waals surface area contributed by atoms with Gasteiger partial charge in [-0.25, -0.2) is 5.43 Å². The minimum Gasteiger partial charge on any atom is -0.399 e. The van der Waals surface area contributed by atoms with Gasteiger partial charge in [-0.05, 0) is 44.0 Å². The molecule has 5 heteroatoms. The van der Waals surface area contributed by atoms with Gasteiger partial charge >= 0.3 is 0 Å². The first-order valence-electron chi connectivity index (χ1n) is 6.13. The molecular formula is C12H19N5. The van der Waals surface area contributed by atoms with E-state index in [1.54, 1.807) is 0 Å². The van der Waals surface area contributed by atoms with Gasteiger partial charge in [0.05, 0.1) is 5.69 Å². The molecule has 1 atom stereocenters. The van der Waals surface area contributed by atoms with E-state index in [-0.39, 0.29) is 0 Å². The van der Waals surface area contributed by atoms with Crippen molar-refractivity contribution < 1.29 is 0 Å². The van der Waals surface area contributed by atoms with Gasteiger partial charge in [0.25, 0.3) is 0 Å². The average Bonchev–Trinajstić information content (AvgIpc) is 2.69. The zero-order chi connectivity index (χ0) is 11.9. The number of anilines is 2. The van der Waals surface area contributed by atoms with Gasteiger partial charge in [-0.3, -0.25) is 0 Å². The van der Waals surface area contributed by atoms with E-state index in [9.17, 15) is 0 Å². The lowest BCUT2D eigenvalue weighted by Gasteiger charge is -2.36. The minimum atomic E-state index is -0.467. The van der Waals surface area contributed by atoms with Crippen molar-refractivity contribution in [3.8, 4) is 0 Å². The number of fused-ring (bicyclic) bond motifs is 1. The largest absolute Gasteiger partial charge is 0.399 e. The Balaban J connectivity index is 1.95. The molecule has 1 unspecified atom stereocenters. The number of hydrazine groups is 1. The first kappa shape index (κ1) is 10.8. The third kappa shape index (κ3) is 1.67. The summed E-state index contributed by atoms with van der Waals surface area (Å²) >= 11 is 0. The average molecular weight is 233 g/mol. The monoisotopic (exact) mass is 233 g/mol. The molecule has 2 heterocycles. The molecule has 1 saturated heterocycles. The highest BCUT2D eigenvalue weighted by Gasteiger charge is 2.42. The van der Waals surface area contributed by atoms with Crippen molar-refractivity contribution in [2.24, 2.45) is 11.7 Å². The predicted octanol–water partition coefficient (Wildman–Crippen LogP) is 0.310. The SMILES string of the molecule is Nc1ccc2c(c1)NNC2(N)C1CCNCC1. The Morgan fingerprint density at radius 1 is 1.24 bits per heavy atom. The highest BCUT2D eigenvalue weighted by Crippen LogP contribution is 2.39. The molecule has 3 rings (SSSR count). The number of hydrogen-bond acceptors (Lipinski definition) is 5. The Bertz CT molecular complexity index is 427. The molecule has 2 aliphatic rings. The van der Waals surface area contributed by atoms with Crippen LogP contribution >= 0.6 is 0 Å². The number of nitrogens with two attached hydrogens (primary N) is 2. The molecule has 92 valence electrons. The smallest absolute Gasteiger partial charge is 0.114 e. The van der Waals surface area contributed by atoms with Crippen molar-refractivity contribution in [1.82, 2.24) is 10.7 Å². The van der Waals surface area contributed by atoms with Crippen molar-refractivity contribution in [3.05, 3.63) is 23.8 Å². The summed E-state index contributed by atoms with van der Waals surface area (Å²) in [5.74, 6) is 0.445. The normalized spacial score (nSPS) is 28.8. The van der Waals surface area contributed by atoms with E-state index < -0.39 is 5.66 Å². The van der Waals surface area contributed by atoms with Crippen LogP contribution in [0, 0.1) is 5.92 Å². The Morgan fingerprint density at radius 3 is 2.76 bits per heavy atom. The van der Waals surface area contributed by atoms with Gasteiger partial charge in [0.15, 0.2) is 0 Å². The number of benzene rings is 1. The summed E-state index contributed by atoms with van der Waals surface area (Å²) < 4.78 is 0. The van der Waals surface area contributed by atoms with Crippen LogP contribution in [-0.4, -0.2) is 13.1 Å². The van der Waals surface area contributed by atoms with Gasteiger partial charge in [-0.2, -0.15) is 0 Å². The van der Waals surface area contributed by atoms with Crippen LogP contribution in [0.15, 0.2) is 18.2 Å². The molecule has 1 aromatic rings. The maximum Gasteiger partial charge on any atom is 0.114 e. The van der Waals surface area contributed by atoms with Crippen molar-refractivity contribution in [1.29, 1.82) is 0 Å². The maximum absolute atomic E-state index is 6.55. The van der Waals surface area contributed by atoms with E-state index >= 15 is 0 Å². The van der Waals surface area contributed by atoms with Gasteiger partial charge in [-0.15, -0.1) is 0 Å². The van der Waals surface area contributed by atoms with E-state index in [4.69, 9.17) is 11.5 Å². The van der Waals surface area contributed by atoms with Crippen molar-refractivity contribution in [3.63, 3.8) is 0 Å². The lowest BCUT2D eigenvalue weighted by Crippen LogP contribution is -2.56. The molecule has 0 aliphatic carbocycles. The third-order valence-corrected chi connectivity index (χ3v) is 3.88. The maximum atomic E-state index is 6.55. The topological polar surface area (TPSA) is 88.1 Å². The van der Waals surface area contributed by atoms with Crippen LogP contribution in [0.4, 0.5) is 11.4 Å². The van der Waals surface area contributed by atoms with Gasteiger partial charge in [0, 0.05) is 11.3 Å². The fraction of sp³-hybridized carbons (Fsp3) is 0.500. The molecule has 0 aromatic heterocycles. The molecule has 1 fully saturated rings. The van der Waals surface area contributed by atoms with Crippen molar-refractivity contribution >= 4 is 11.4 Å². The molecular weight excluding hydrogens is 214 g/mol. The summed E-state index contributed by atoms with van der Waals surface area (Å²) in [7, 11) is 0. The first-order chi connectivity index (χ1) is 8.20. The Morgan fingerprint density at radius 2 is 2.00 bits per heavy atom. The number of hydrogen-bond donors (Lipinski definition) is 5. The van der Waals surface area contributed by atoms with E-state index in [1.807, 2.05) is 18.2 Å². The summed E-state index contributed by atoms with van der Waals surface area (Å²) in [6.45, 7) is 2.07. The fourth-order valence-corrected chi connectivity index (χ4v) is 2.86. The molecule has 0 saturated carbocycles. The molecule has 5 nitrogen and oxygen atoms in total. The Kier molecular flexibility index (Phi) is 2.47. The van der Waals surface area contributed by atoms with Crippen LogP contribution in [0.1, 0.15) is 18.4 Å². The lowest BCUT2D eigenvalue weighted by atomic mass is 9.81. The van der Waals surface area contributed by atoms with Crippen molar-refractivity contribution in [2.75, 3.05) is 24.2 Å². The second kappa shape index (κ2) is 3.87. The number of piperidine rings is 1. The Labute approximate surface area is 101 Å². The van der Waals surface area contributed by atoms with Crippen LogP contribution in [-0.2, 0) is 5.66 Å². The van der Waals surface area contributed by atoms with Gasteiger partial charge < -0.3 is 22.2 Å². The van der Waals surface area contributed by atoms with E-state index in [0.29, 0.717) is 5.92 Å². The molecule has 0 spiro atoms. The third-order valence-electron chi connectivity index (χ3n) is 3.88. The van der Waals surface area contributed by atoms with Crippen LogP contribution < -0.4 is 27.6 Å². The number of nitrogens with one attached hydrogen (secondary N) is 3. The molecule has 0 radical (unpaired) electrons. The summed E-state index contributed by atoms with van der Waals surface area (Å²) in [4.78, 5) is 0. The Hall–Kier alpha value is -1.30.